The van der Waals surface area contributed by atoms with Crippen molar-refractivity contribution >= 4 is 27.3 Å². The molecule has 0 atom stereocenters. The van der Waals surface area contributed by atoms with E-state index in [2.05, 4.69) is 39.3 Å². The molecule has 1 aliphatic carbocycles. The molecule has 2 N–H and O–H groups in total. The number of hydrogen-bond acceptors (Lipinski definition) is 3. The molecule has 1 saturated carbocycles. The fourth-order valence-electron chi connectivity index (χ4n) is 2.34. The Hall–Kier alpha value is 0.1000. The molecule has 0 saturated heterocycles. The van der Waals surface area contributed by atoms with E-state index in [-0.39, 0.29) is 0 Å². The highest BCUT2D eigenvalue weighted by Gasteiger charge is 2.42. The summed E-state index contributed by atoms with van der Waals surface area (Å²) in [5.74, 6) is 0. The van der Waals surface area contributed by atoms with Crippen molar-refractivity contribution in [3.05, 3.63) is 20.8 Å². The normalized spacial score (nSPS) is 18.0. The highest BCUT2D eigenvalue weighted by molar-refractivity contribution is 9.11. The molecule has 0 amide bonds. The zero-order chi connectivity index (χ0) is 11.6. The lowest BCUT2D eigenvalue weighted by Gasteiger charge is -2.22. The van der Waals surface area contributed by atoms with Gasteiger partial charge in [0, 0.05) is 13.1 Å². The van der Waals surface area contributed by atoms with Gasteiger partial charge in [0.25, 0.3) is 0 Å². The second-order valence-electron chi connectivity index (χ2n) is 4.97. The first-order valence-corrected chi connectivity index (χ1v) is 7.42. The second kappa shape index (κ2) is 5.17. The van der Waals surface area contributed by atoms with E-state index in [0.717, 1.165) is 13.1 Å². The molecule has 0 spiro atoms. The summed E-state index contributed by atoms with van der Waals surface area (Å²) in [7, 11) is 2.21. The van der Waals surface area contributed by atoms with Crippen molar-refractivity contribution in [3.8, 4) is 0 Å². The maximum atomic E-state index is 5.66. The van der Waals surface area contributed by atoms with Gasteiger partial charge in [-0.15, -0.1) is 11.3 Å². The van der Waals surface area contributed by atoms with Crippen LogP contribution >= 0.6 is 27.3 Å². The second-order valence-corrected chi connectivity index (χ2v) is 7.26. The van der Waals surface area contributed by atoms with Crippen LogP contribution in [0.15, 0.2) is 15.2 Å². The van der Waals surface area contributed by atoms with Crippen LogP contribution in [0.5, 0.6) is 0 Å². The Morgan fingerprint density at radius 2 is 2.31 bits per heavy atom. The average molecular weight is 303 g/mol. The van der Waals surface area contributed by atoms with Gasteiger partial charge in [0.15, 0.2) is 0 Å². The van der Waals surface area contributed by atoms with E-state index < -0.39 is 0 Å². The van der Waals surface area contributed by atoms with Gasteiger partial charge in [-0.2, -0.15) is 0 Å². The Bertz CT molecular complexity index is 347. The summed E-state index contributed by atoms with van der Waals surface area (Å²) in [6, 6.07) is 2.21. The van der Waals surface area contributed by atoms with E-state index in [1.807, 2.05) is 0 Å². The van der Waals surface area contributed by atoms with Gasteiger partial charge < -0.3 is 10.6 Å². The van der Waals surface area contributed by atoms with Crippen LogP contribution in [0, 0.1) is 5.41 Å². The number of thiophene rings is 1. The van der Waals surface area contributed by atoms with Crippen molar-refractivity contribution in [2.45, 2.75) is 25.8 Å². The smallest absolute Gasteiger partial charge is 0.0701 e. The van der Waals surface area contributed by atoms with Crippen LogP contribution < -0.4 is 5.73 Å². The van der Waals surface area contributed by atoms with Crippen molar-refractivity contribution < 1.29 is 0 Å². The Morgan fingerprint density at radius 1 is 1.56 bits per heavy atom. The molecule has 0 aromatic carbocycles. The highest BCUT2D eigenvalue weighted by atomic mass is 79.9. The molecular weight excluding hydrogens is 284 g/mol. The SMILES string of the molecule is CN(Cc1csc(Br)c1)CC1(CCN)CC1. The number of rotatable bonds is 6. The van der Waals surface area contributed by atoms with E-state index in [1.165, 1.54) is 35.2 Å². The summed E-state index contributed by atoms with van der Waals surface area (Å²) in [6.45, 7) is 3.07. The zero-order valence-electron chi connectivity index (χ0n) is 9.71. The summed E-state index contributed by atoms with van der Waals surface area (Å²) in [4.78, 5) is 2.43. The van der Waals surface area contributed by atoms with Gasteiger partial charge in [0.1, 0.15) is 0 Å². The Morgan fingerprint density at radius 3 is 2.81 bits per heavy atom. The highest BCUT2D eigenvalue weighted by Crippen LogP contribution is 2.48. The van der Waals surface area contributed by atoms with E-state index in [0.29, 0.717) is 5.41 Å². The lowest BCUT2D eigenvalue weighted by Crippen LogP contribution is -2.27. The molecule has 0 bridgehead atoms. The fraction of sp³-hybridized carbons (Fsp3) is 0.667. The molecule has 1 fully saturated rings. The molecule has 2 nitrogen and oxygen atoms in total. The molecule has 2 rings (SSSR count). The van der Waals surface area contributed by atoms with Crippen molar-refractivity contribution in [1.82, 2.24) is 4.90 Å². The van der Waals surface area contributed by atoms with Crippen LogP contribution in [0.25, 0.3) is 0 Å². The molecule has 0 radical (unpaired) electrons. The van der Waals surface area contributed by atoms with Crippen molar-refractivity contribution in [1.29, 1.82) is 0 Å². The Labute approximate surface area is 110 Å². The number of nitrogens with zero attached hydrogens (tertiary/aromatic N) is 1. The average Bonchev–Trinajstić information content (AvgIpc) is 2.82. The van der Waals surface area contributed by atoms with Gasteiger partial charge in [-0.25, -0.2) is 0 Å². The first kappa shape index (κ1) is 12.6. The molecule has 1 aliphatic rings. The van der Waals surface area contributed by atoms with Gasteiger partial charge in [-0.05, 0) is 71.2 Å². The quantitative estimate of drug-likeness (QED) is 0.875. The summed E-state index contributed by atoms with van der Waals surface area (Å²) in [6.07, 6.45) is 3.91. The van der Waals surface area contributed by atoms with Gasteiger partial charge in [-0.1, -0.05) is 0 Å². The number of hydrogen-bond donors (Lipinski definition) is 1. The molecule has 0 aliphatic heterocycles. The van der Waals surface area contributed by atoms with Crippen LogP contribution in [0.1, 0.15) is 24.8 Å². The van der Waals surface area contributed by atoms with Crippen LogP contribution in [0.4, 0.5) is 0 Å². The monoisotopic (exact) mass is 302 g/mol. The molecule has 0 unspecified atom stereocenters. The first-order chi connectivity index (χ1) is 7.63. The topological polar surface area (TPSA) is 29.3 Å². The standard InChI is InChI=1S/C12H19BrN2S/c1-15(7-10-6-11(13)16-8-10)9-12(2-3-12)4-5-14/h6,8H,2-5,7,9,14H2,1H3. The van der Waals surface area contributed by atoms with E-state index >= 15 is 0 Å². The van der Waals surface area contributed by atoms with Crippen LogP contribution in [-0.4, -0.2) is 25.0 Å². The number of halogens is 1. The first-order valence-electron chi connectivity index (χ1n) is 5.75. The van der Waals surface area contributed by atoms with Gasteiger partial charge in [0.05, 0.1) is 3.79 Å². The Kier molecular flexibility index (Phi) is 4.06. The molecule has 16 heavy (non-hydrogen) atoms. The predicted octanol–water partition coefficient (Wildman–Crippen LogP) is 3.07. The van der Waals surface area contributed by atoms with Crippen molar-refractivity contribution in [2.75, 3.05) is 20.1 Å². The van der Waals surface area contributed by atoms with Gasteiger partial charge in [0.2, 0.25) is 0 Å². The third-order valence-electron chi connectivity index (χ3n) is 3.31. The van der Waals surface area contributed by atoms with Gasteiger partial charge in [-0.3, -0.25) is 0 Å². The minimum atomic E-state index is 0.552. The Balaban J connectivity index is 1.82. The molecule has 1 aromatic heterocycles. The summed E-state index contributed by atoms with van der Waals surface area (Å²) in [5.41, 5.74) is 7.62. The number of nitrogens with two attached hydrogens (primary N) is 1. The fourth-order valence-corrected chi connectivity index (χ4v) is 3.54. The lowest BCUT2D eigenvalue weighted by molar-refractivity contribution is 0.248. The molecule has 90 valence electrons. The summed E-state index contributed by atoms with van der Waals surface area (Å²) >= 11 is 5.26. The lowest BCUT2D eigenvalue weighted by atomic mass is 10.0. The maximum Gasteiger partial charge on any atom is 0.0701 e. The predicted molar refractivity (Wildman–Crippen MR) is 73.7 cm³/mol. The molecule has 1 heterocycles. The largest absolute Gasteiger partial charge is 0.330 e. The van der Waals surface area contributed by atoms with Crippen LogP contribution in [-0.2, 0) is 6.54 Å². The maximum absolute atomic E-state index is 5.66. The minimum absolute atomic E-state index is 0.552. The van der Waals surface area contributed by atoms with E-state index in [9.17, 15) is 0 Å². The minimum Gasteiger partial charge on any atom is -0.330 e. The van der Waals surface area contributed by atoms with Crippen molar-refractivity contribution in [2.24, 2.45) is 11.1 Å². The van der Waals surface area contributed by atoms with E-state index in [4.69, 9.17) is 5.73 Å². The summed E-state index contributed by atoms with van der Waals surface area (Å²) in [5, 5.41) is 2.23. The zero-order valence-corrected chi connectivity index (χ0v) is 12.1. The molecule has 1 aromatic rings. The summed E-state index contributed by atoms with van der Waals surface area (Å²) < 4.78 is 1.22. The third kappa shape index (κ3) is 3.29. The third-order valence-corrected chi connectivity index (χ3v) is 4.86. The molecule has 4 heteroatoms. The van der Waals surface area contributed by atoms with E-state index in [1.54, 1.807) is 11.3 Å². The van der Waals surface area contributed by atoms with Crippen LogP contribution in [0.3, 0.4) is 0 Å². The van der Waals surface area contributed by atoms with Gasteiger partial charge >= 0.3 is 0 Å². The van der Waals surface area contributed by atoms with Crippen LogP contribution in [0.2, 0.25) is 0 Å². The molecular formula is C12H19BrN2S. The van der Waals surface area contributed by atoms with Crippen molar-refractivity contribution in [3.63, 3.8) is 0 Å².